The Kier molecular flexibility index (Phi) is 5.55. The molecule has 2 heterocycles. The number of amides is 1. The minimum atomic E-state index is -0.146. The van der Waals surface area contributed by atoms with Crippen molar-refractivity contribution in [2.45, 2.75) is 5.75 Å². The van der Waals surface area contributed by atoms with E-state index in [0.29, 0.717) is 21.8 Å². The first kappa shape index (κ1) is 18.5. The molecule has 2 aromatic heterocycles. The van der Waals surface area contributed by atoms with Crippen molar-refractivity contribution < 1.29 is 4.79 Å². The van der Waals surface area contributed by atoms with Crippen LogP contribution in [0.15, 0.2) is 71.5 Å². The first-order valence-corrected chi connectivity index (χ1v) is 10.7. The van der Waals surface area contributed by atoms with Crippen LogP contribution < -0.4 is 10.9 Å². The number of hydrogen-bond acceptors (Lipinski definition) is 5. The van der Waals surface area contributed by atoms with Gasteiger partial charge in [-0.25, -0.2) is 4.98 Å². The number of aromatic nitrogens is 2. The monoisotopic (exact) mass is 407 g/mol. The molecular formula is C21H17N3O2S2. The molecule has 28 heavy (non-hydrogen) atoms. The van der Waals surface area contributed by atoms with Crippen LogP contribution in [0, 0.1) is 0 Å². The van der Waals surface area contributed by atoms with Crippen molar-refractivity contribution in [3.8, 4) is 10.4 Å². The fourth-order valence-corrected chi connectivity index (χ4v) is 4.49. The number of carbonyl (C=O) groups is 1. The molecule has 0 radical (unpaired) electrons. The molecule has 0 aliphatic rings. The number of thioether (sulfide) groups is 1. The number of para-hydroxylation sites is 1. The predicted molar refractivity (Wildman–Crippen MR) is 117 cm³/mol. The van der Waals surface area contributed by atoms with Crippen LogP contribution in [0.5, 0.6) is 0 Å². The molecule has 0 bridgehead atoms. The van der Waals surface area contributed by atoms with Crippen LogP contribution in [0.2, 0.25) is 0 Å². The molecule has 0 saturated carbocycles. The van der Waals surface area contributed by atoms with Gasteiger partial charge in [0.15, 0.2) is 0 Å². The van der Waals surface area contributed by atoms with Gasteiger partial charge in [-0.2, -0.15) is 0 Å². The van der Waals surface area contributed by atoms with Crippen molar-refractivity contribution in [2.75, 3.05) is 11.1 Å². The molecule has 1 amide bonds. The number of carbonyl (C=O) groups excluding carboxylic acids is 1. The summed E-state index contributed by atoms with van der Waals surface area (Å²) in [6.07, 6.45) is 0. The zero-order valence-corrected chi connectivity index (χ0v) is 16.5. The number of aromatic amines is 1. The van der Waals surface area contributed by atoms with Crippen molar-refractivity contribution in [2.24, 2.45) is 0 Å². The summed E-state index contributed by atoms with van der Waals surface area (Å²) in [6, 6.07) is 21.1. The average molecular weight is 408 g/mol. The first-order chi connectivity index (χ1) is 13.7. The molecule has 2 aromatic carbocycles. The van der Waals surface area contributed by atoms with Gasteiger partial charge < -0.3 is 10.3 Å². The van der Waals surface area contributed by atoms with Crippen LogP contribution in [0.1, 0.15) is 5.82 Å². The summed E-state index contributed by atoms with van der Waals surface area (Å²) < 4.78 is 0. The molecule has 5 nitrogen and oxygen atoms in total. The number of rotatable bonds is 6. The highest BCUT2D eigenvalue weighted by Gasteiger charge is 2.11. The molecule has 0 unspecified atom stereocenters. The number of benzene rings is 2. The van der Waals surface area contributed by atoms with E-state index >= 15 is 0 Å². The Labute approximate surface area is 169 Å². The van der Waals surface area contributed by atoms with Crippen LogP contribution in [0.3, 0.4) is 0 Å². The van der Waals surface area contributed by atoms with Crippen LogP contribution in [-0.2, 0) is 10.5 Å². The number of anilines is 1. The standard InChI is InChI=1S/C21H17N3O2S2/c25-19(22-15-9-5-2-6-10-15)13-27-12-18-23-20(26)16-11-17(28-21(16)24-18)14-7-3-1-4-8-14/h1-11H,12-13H2,(H,22,25)(H,23,24,26). The van der Waals surface area contributed by atoms with Gasteiger partial charge in [0.25, 0.3) is 5.56 Å². The smallest absolute Gasteiger partial charge is 0.259 e. The summed E-state index contributed by atoms with van der Waals surface area (Å²) in [5, 5.41) is 3.44. The Morgan fingerprint density at radius 1 is 1.07 bits per heavy atom. The second-order valence-corrected chi connectivity index (χ2v) is 8.13. The SMILES string of the molecule is O=C(CSCc1nc2sc(-c3ccccc3)cc2c(=O)[nH]1)Nc1ccccc1. The lowest BCUT2D eigenvalue weighted by Crippen LogP contribution is -2.15. The topological polar surface area (TPSA) is 74.8 Å². The van der Waals surface area contributed by atoms with E-state index < -0.39 is 0 Å². The van der Waals surface area contributed by atoms with E-state index in [0.717, 1.165) is 16.1 Å². The number of nitrogens with one attached hydrogen (secondary N) is 2. The summed E-state index contributed by atoms with van der Waals surface area (Å²) in [4.78, 5) is 33.6. The molecule has 0 spiro atoms. The third-order valence-electron chi connectivity index (χ3n) is 4.04. The molecule has 7 heteroatoms. The molecular weight excluding hydrogens is 390 g/mol. The van der Waals surface area contributed by atoms with E-state index in [9.17, 15) is 9.59 Å². The molecule has 2 N–H and O–H groups in total. The lowest BCUT2D eigenvalue weighted by atomic mass is 10.2. The Morgan fingerprint density at radius 2 is 1.79 bits per heavy atom. The van der Waals surface area contributed by atoms with Gasteiger partial charge in [-0.3, -0.25) is 9.59 Å². The van der Waals surface area contributed by atoms with Crippen molar-refractivity contribution in [1.82, 2.24) is 9.97 Å². The molecule has 0 aliphatic carbocycles. The Bertz CT molecular complexity index is 1150. The van der Waals surface area contributed by atoms with Crippen LogP contribution >= 0.6 is 23.1 Å². The van der Waals surface area contributed by atoms with Gasteiger partial charge in [0.1, 0.15) is 10.7 Å². The van der Waals surface area contributed by atoms with Gasteiger partial charge in [0, 0.05) is 10.6 Å². The fourth-order valence-electron chi connectivity index (χ4n) is 2.75. The Balaban J connectivity index is 1.43. The Morgan fingerprint density at radius 3 is 2.54 bits per heavy atom. The van der Waals surface area contributed by atoms with Crippen LogP contribution in [-0.4, -0.2) is 21.6 Å². The van der Waals surface area contributed by atoms with Gasteiger partial charge in [0.05, 0.1) is 16.9 Å². The lowest BCUT2D eigenvalue weighted by molar-refractivity contribution is -0.113. The van der Waals surface area contributed by atoms with E-state index in [1.165, 1.54) is 23.1 Å². The molecule has 0 fully saturated rings. The summed E-state index contributed by atoms with van der Waals surface area (Å²) >= 11 is 2.91. The number of fused-ring (bicyclic) bond motifs is 1. The van der Waals surface area contributed by atoms with Gasteiger partial charge in [-0.15, -0.1) is 23.1 Å². The number of hydrogen-bond donors (Lipinski definition) is 2. The molecule has 4 rings (SSSR count). The maximum Gasteiger partial charge on any atom is 0.259 e. The van der Waals surface area contributed by atoms with E-state index in [4.69, 9.17) is 0 Å². The predicted octanol–water partition coefficient (Wildman–Crippen LogP) is 4.52. The summed E-state index contributed by atoms with van der Waals surface area (Å²) in [7, 11) is 0. The van der Waals surface area contributed by atoms with Crippen LogP contribution in [0.4, 0.5) is 5.69 Å². The van der Waals surface area contributed by atoms with Crippen molar-refractivity contribution in [3.05, 3.63) is 82.9 Å². The summed E-state index contributed by atoms with van der Waals surface area (Å²) in [6.45, 7) is 0. The summed E-state index contributed by atoms with van der Waals surface area (Å²) in [5.74, 6) is 1.25. The molecule has 140 valence electrons. The number of thiophene rings is 1. The largest absolute Gasteiger partial charge is 0.325 e. The molecule has 0 saturated heterocycles. The average Bonchev–Trinajstić information content (AvgIpc) is 3.14. The van der Waals surface area contributed by atoms with E-state index in [1.54, 1.807) is 0 Å². The number of H-pyrrole nitrogens is 1. The maximum atomic E-state index is 12.4. The third kappa shape index (κ3) is 4.32. The van der Waals surface area contributed by atoms with E-state index in [2.05, 4.69) is 15.3 Å². The van der Waals surface area contributed by atoms with E-state index in [-0.39, 0.29) is 17.2 Å². The van der Waals surface area contributed by atoms with Gasteiger partial charge in [-0.1, -0.05) is 48.5 Å². The van der Waals surface area contributed by atoms with Crippen molar-refractivity contribution in [1.29, 1.82) is 0 Å². The molecule has 0 aliphatic heterocycles. The molecule has 4 aromatic rings. The first-order valence-electron chi connectivity index (χ1n) is 8.70. The highest BCUT2D eigenvalue weighted by atomic mass is 32.2. The van der Waals surface area contributed by atoms with Gasteiger partial charge >= 0.3 is 0 Å². The normalized spacial score (nSPS) is 10.9. The fraction of sp³-hybridized carbons (Fsp3) is 0.0952. The zero-order valence-electron chi connectivity index (χ0n) is 14.8. The van der Waals surface area contributed by atoms with Crippen molar-refractivity contribution >= 4 is 44.9 Å². The van der Waals surface area contributed by atoms with Crippen LogP contribution in [0.25, 0.3) is 20.7 Å². The van der Waals surface area contributed by atoms with Crippen molar-refractivity contribution in [3.63, 3.8) is 0 Å². The lowest BCUT2D eigenvalue weighted by Gasteiger charge is -2.04. The summed E-state index contributed by atoms with van der Waals surface area (Å²) in [5.41, 5.74) is 1.69. The molecule has 0 atom stereocenters. The minimum absolute atomic E-state index is 0.0814. The highest BCUT2D eigenvalue weighted by molar-refractivity contribution is 7.99. The minimum Gasteiger partial charge on any atom is -0.325 e. The van der Waals surface area contributed by atoms with E-state index in [1.807, 2.05) is 66.7 Å². The zero-order chi connectivity index (χ0) is 19.3. The number of nitrogens with zero attached hydrogens (tertiary/aromatic N) is 1. The highest BCUT2D eigenvalue weighted by Crippen LogP contribution is 2.30. The Hall–Kier alpha value is -2.90. The third-order valence-corrected chi connectivity index (χ3v) is 6.06. The van der Waals surface area contributed by atoms with Gasteiger partial charge in [0.2, 0.25) is 5.91 Å². The second kappa shape index (κ2) is 8.41. The van der Waals surface area contributed by atoms with Gasteiger partial charge in [-0.05, 0) is 23.8 Å². The second-order valence-electron chi connectivity index (χ2n) is 6.12. The maximum absolute atomic E-state index is 12.4. The quantitative estimate of drug-likeness (QED) is 0.493.